The Kier molecular flexibility index (Phi) is 8.54. The van der Waals surface area contributed by atoms with Crippen LogP contribution in [-0.2, 0) is 24.4 Å². The summed E-state index contributed by atoms with van der Waals surface area (Å²) in [6.45, 7) is -0.132. The van der Waals surface area contributed by atoms with Crippen LogP contribution in [-0.4, -0.2) is 60.5 Å². The summed E-state index contributed by atoms with van der Waals surface area (Å²) in [6.07, 6.45) is 11.1. The SMILES string of the molecule is O=C(N[C@@H](CC1CCCCC1)C(=O)N[C@@H]1CCCN(S(=O)(=O)c2ccccn2)CC1=O)C1CCC1. The van der Waals surface area contributed by atoms with Crippen LogP contribution in [0.1, 0.15) is 70.6 Å². The van der Waals surface area contributed by atoms with E-state index in [9.17, 15) is 22.8 Å². The van der Waals surface area contributed by atoms with Gasteiger partial charge in [-0.15, -0.1) is 0 Å². The van der Waals surface area contributed by atoms with Gasteiger partial charge < -0.3 is 10.6 Å². The molecule has 1 aliphatic heterocycles. The highest BCUT2D eigenvalue weighted by molar-refractivity contribution is 7.89. The zero-order chi connectivity index (χ0) is 24.8. The lowest BCUT2D eigenvalue weighted by Gasteiger charge is -2.30. The van der Waals surface area contributed by atoms with Crippen molar-refractivity contribution in [3.05, 3.63) is 24.4 Å². The Morgan fingerprint density at radius 1 is 1.03 bits per heavy atom. The topological polar surface area (TPSA) is 126 Å². The first-order valence-corrected chi connectivity index (χ1v) is 14.3. The molecule has 4 rings (SSSR count). The summed E-state index contributed by atoms with van der Waals surface area (Å²) in [5, 5.41) is 5.72. The van der Waals surface area contributed by atoms with Gasteiger partial charge >= 0.3 is 0 Å². The van der Waals surface area contributed by atoms with Gasteiger partial charge in [0.2, 0.25) is 11.8 Å². The van der Waals surface area contributed by atoms with Crippen molar-refractivity contribution in [1.82, 2.24) is 19.9 Å². The average molecular weight is 505 g/mol. The maximum absolute atomic E-state index is 13.3. The van der Waals surface area contributed by atoms with Crippen LogP contribution in [0.15, 0.2) is 29.4 Å². The van der Waals surface area contributed by atoms with Gasteiger partial charge in [0, 0.05) is 18.7 Å². The standard InChI is InChI=1S/C25H36N4O5S/c30-22-17-29(35(33,34)23-13-4-5-14-26-23)15-7-12-20(22)27-25(32)21(16-18-8-2-1-3-9-18)28-24(31)19-10-6-11-19/h4-5,13-14,18-21H,1-3,6-12,15-17H2,(H,27,32)(H,28,31)/t20-,21+/m1/s1. The van der Waals surface area contributed by atoms with Crippen molar-refractivity contribution in [2.24, 2.45) is 11.8 Å². The van der Waals surface area contributed by atoms with Crippen LogP contribution in [0.4, 0.5) is 0 Å². The Morgan fingerprint density at radius 2 is 1.80 bits per heavy atom. The van der Waals surface area contributed by atoms with Gasteiger partial charge in [0.05, 0.1) is 12.6 Å². The van der Waals surface area contributed by atoms with Gasteiger partial charge in [-0.25, -0.2) is 13.4 Å². The van der Waals surface area contributed by atoms with Crippen molar-refractivity contribution in [3.8, 4) is 0 Å². The number of nitrogens with zero attached hydrogens (tertiary/aromatic N) is 2. The second kappa shape index (κ2) is 11.6. The summed E-state index contributed by atoms with van der Waals surface area (Å²) in [4.78, 5) is 42.9. The van der Waals surface area contributed by atoms with E-state index in [0.717, 1.165) is 49.3 Å². The summed E-state index contributed by atoms with van der Waals surface area (Å²) in [6, 6.07) is 3.18. The molecule has 1 saturated heterocycles. The summed E-state index contributed by atoms with van der Waals surface area (Å²) in [5.41, 5.74) is 0. The number of carbonyl (C=O) groups is 3. The van der Waals surface area contributed by atoms with Crippen molar-refractivity contribution in [2.75, 3.05) is 13.1 Å². The first kappa shape index (κ1) is 25.8. The lowest BCUT2D eigenvalue weighted by Crippen LogP contribution is -2.54. The molecule has 2 N–H and O–H groups in total. The van der Waals surface area contributed by atoms with Crippen LogP contribution >= 0.6 is 0 Å². The molecule has 3 fully saturated rings. The fourth-order valence-electron chi connectivity index (χ4n) is 5.21. The van der Waals surface area contributed by atoms with Gasteiger partial charge in [-0.1, -0.05) is 44.6 Å². The molecular weight excluding hydrogens is 468 g/mol. The molecule has 192 valence electrons. The molecule has 0 unspecified atom stereocenters. The minimum Gasteiger partial charge on any atom is -0.344 e. The Morgan fingerprint density at radius 3 is 2.46 bits per heavy atom. The van der Waals surface area contributed by atoms with Crippen LogP contribution in [0.2, 0.25) is 0 Å². The Labute approximate surface area is 207 Å². The lowest BCUT2D eigenvalue weighted by atomic mass is 9.83. The highest BCUT2D eigenvalue weighted by Crippen LogP contribution is 2.29. The van der Waals surface area contributed by atoms with E-state index < -0.39 is 22.1 Å². The maximum atomic E-state index is 13.3. The molecule has 2 atom stereocenters. The maximum Gasteiger partial charge on any atom is 0.260 e. The van der Waals surface area contributed by atoms with Crippen molar-refractivity contribution in [3.63, 3.8) is 0 Å². The van der Waals surface area contributed by atoms with E-state index in [2.05, 4.69) is 15.6 Å². The number of pyridine rings is 1. The largest absolute Gasteiger partial charge is 0.344 e. The summed E-state index contributed by atoms with van der Waals surface area (Å²) >= 11 is 0. The number of hydrogen-bond acceptors (Lipinski definition) is 6. The molecule has 3 aliphatic rings. The van der Waals surface area contributed by atoms with Crippen LogP contribution in [0.3, 0.4) is 0 Å². The number of carbonyl (C=O) groups excluding carboxylic acids is 3. The van der Waals surface area contributed by atoms with Crippen LogP contribution in [0.5, 0.6) is 0 Å². The summed E-state index contributed by atoms with van der Waals surface area (Å²) in [7, 11) is -3.90. The fraction of sp³-hybridized carbons (Fsp3) is 0.680. The van der Waals surface area contributed by atoms with E-state index in [1.807, 2.05) is 0 Å². The molecule has 9 nitrogen and oxygen atoms in total. The van der Waals surface area contributed by atoms with Gasteiger partial charge in [-0.2, -0.15) is 4.31 Å². The minimum atomic E-state index is -3.90. The summed E-state index contributed by atoms with van der Waals surface area (Å²) < 4.78 is 27.0. The van der Waals surface area contributed by atoms with Crippen molar-refractivity contribution < 1.29 is 22.8 Å². The van der Waals surface area contributed by atoms with Gasteiger partial charge in [0.1, 0.15) is 6.04 Å². The monoisotopic (exact) mass is 504 g/mol. The molecule has 0 aromatic carbocycles. The molecule has 2 amide bonds. The smallest absolute Gasteiger partial charge is 0.260 e. The number of ketones is 1. The molecule has 0 bridgehead atoms. The van der Waals surface area contributed by atoms with Crippen molar-refractivity contribution in [1.29, 1.82) is 0 Å². The van der Waals surface area contributed by atoms with Gasteiger partial charge in [-0.3, -0.25) is 14.4 Å². The van der Waals surface area contributed by atoms with E-state index in [1.54, 1.807) is 12.1 Å². The van der Waals surface area contributed by atoms with E-state index in [1.165, 1.54) is 18.7 Å². The molecule has 2 aliphatic carbocycles. The average Bonchev–Trinajstić information content (AvgIpc) is 3.00. The Balaban J connectivity index is 1.41. The number of aromatic nitrogens is 1. The second-order valence-electron chi connectivity index (χ2n) is 10.1. The van der Waals surface area contributed by atoms with Crippen molar-refractivity contribution in [2.45, 2.75) is 87.7 Å². The quantitative estimate of drug-likeness (QED) is 0.559. The van der Waals surface area contributed by atoms with Gasteiger partial charge in [0.25, 0.3) is 10.0 Å². The zero-order valence-corrected chi connectivity index (χ0v) is 21.0. The number of rotatable bonds is 8. The van der Waals surface area contributed by atoms with E-state index in [4.69, 9.17) is 0 Å². The van der Waals surface area contributed by atoms with Gasteiger partial charge in [-0.05, 0) is 50.2 Å². The van der Waals surface area contributed by atoms with Crippen LogP contribution < -0.4 is 10.6 Å². The third-order valence-electron chi connectivity index (χ3n) is 7.58. The first-order chi connectivity index (χ1) is 16.8. The lowest BCUT2D eigenvalue weighted by molar-refractivity contribution is -0.134. The van der Waals surface area contributed by atoms with E-state index in [0.29, 0.717) is 25.2 Å². The molecule has 0 spiro atoms. The molecule has 2 heterocycles. The molecule has 2 saturated carbocycles. The fourth-order valence-corrected chi connectivity index (χ4v) is 6.58. The highest BCUT2D eigenvalue weighted by atomic mass is 32.2. The molecule has 10 heteroatoms. The number of nitrogens with one attached hydrogen (secondary N) is 2. The third-order valence-corrected chi connectivity index (χ3v) is 9.34. The Hall–Kier alpha value is -2.33. The number of hydrogen-bond donors (Lipinski definition) is 2. The van der Waals surface area contributed by atoms with Crippen LogP contribution in [0, 0.1) is 11.8 Å². The number of Topliss-reactive ketones (excluding diaryl/α,β-unsaturated/α-hetero) is 1. The third kappa shape index (κ3) is 6.46. The van der Waals surface area contributed by atoms with Crippen LogP contribution in [0.25, 0.3) is 0 Å². The predicted octanol–water partition coefficient (Wildman–Crippen LogP) is 2.18. The number of sulfonamides is 1. The molecule has 35 heavy (non-hydrogen) atoms. The first-order valence-electron chi connectivity index (χ1n) is 12.9. The van der Waals surface area contributed by atoms with E-state index in [-0.39, 0.29) is 41.6 Å². The zero-order valence-electron chi connectivity index (χ0n) is 20.2. The summed E-state index contributed by atoms with van der Waals surface area (Å²) in [5.74, 6) is -0.418. The Bertz CT molecular complexity index is 1010. The molecule has 1 aromatic rings. The van der Waals surface area contributed by atoms with E-state index >= 15 is 0 Å². The molecular formula is C25H36N4O5S. The van der Waals surface area contributed by atoms with Crippen molar-refractivity contribution >= 4 is 27.6 Å². The minimum absolute atomic E-state index is 0.0264. The van der Waals surface area contributed by atoms with Gasteiger partial charge in [0.15, 0.2) is 10.8 Å². The number of amides is 2. The molecule has 1 aromatic heterocycles. The normalized spacial score (nSPS) is 23.7. The highest BCUT2D eigenvalue weighted by Gasteiger charge is 2.36. The predicted molar refractivity (Wildman–Crippen MR) is 130 cm³/mol. The second-order valence-corrected chi connectivity index (χ2v) is 12.0. The molecule has 0 radical (unpaired) electrons.